The zero-order valence-corrected chi connectivity index (χ0v) is 7.66. The van der Waals surface area contributed by atoms with E-state index < -0.39 is 0 Å². The van der Waals surface area contributed by atoms with Crippen LogP contribution < -0.4 is 4.74 Å². The van der Waals surface area contributed by atoms with E-state index in [2.05, 4.69) is 0 Å². The maximum atomic E-state index is 13.5. The fraction of sp³-hybridized carbons (Fsp3) is 0.0909. The van der Waals surface area contributed by atoms with Crippen molar-refractivity contribution in [3.8, 4) is 17.1 Å². The number of benzene rings is 1. The van der Waals surface area contributed by atoms with E-state index >= 15 is 0 Å². The summed E-state index contributed by atoms with van der Waals surface area (Å²) in [5, 5.41) is 0. The van der Waals surface area contributed by atoms with Crippen LogP contribution in [0.4, 0.5) is 4.39 Å². The second-order valence-electron chi connectivity index (χ2n) is 2.82. The minimum Gasteiger partial charge on any atom is -0.497 e. The summed E-state index contributed by atoms with van der Waals surface area (Å²) in [4.78, 5) is 0. The van der Waals surface area contributed by atoms with Crippen molar-refractivity contribution in [3.63, 3.8) is 0 Å². The Labute approximate surface area is 80.9 Å². The lowest BCUT2D eigenvalue weighted by molar-refractivity contribution is 0.411. The molecule has 0 atom stereocenters. The van der Waals surface area contributed by atoms with Crippen molar-refractivity contribution in [2.24, 2.45) is 0 Å². The molecular weight excluding hydrogens is 183 g/mol. The summed E-state index contributed by atoms with van der Waals surface area (Å²) >= 11 is 0. The predicted octanol–water partition coefficient (Wildman–Crippen LogP) is 3.09. The van der Waals surface area contributed by atoms with Gasteiger partial charge in [0.25, 0.3) is 0 Å². The van der Waals surface area contributed by atoms with Gasteiger partial charge < -0.3 is 9.15 Å². The molecule has 0 N–H and O–H groups in total. The minimum atomic E-state index is -0.348. The lowest BCUT2D eigenvalue weighted by Crippen LogP contribution is -1.86. The Hall–Kier alpha value is -1.77. The Bertz CT molecular complexity index is 421. The van der Waals surface area contributed by atoms with Gasteiger partial charge in [0.2, 0.25) is 0 Å². The van der Waals surface area contributed by atoms with E-state index in [0.717, 1.165) is 0 Å². The van der Waals surface area contributed by atoms with Crippen LogP contribution in [0.25, 0.3) is 11.3 Å². The van der Waals surface area contributed by atoms with Crippen molar-refractivity contribution in [2.45, 2.75) is 0 Å². The lowest BCUT2D eigenvalue weighted by Gasteiger charge is -2.02. The van der Waals surface area contributed by atoms with Crippen LogP contribution in [0.15, 0.2) is 41.0 Å². The molecular formula is C11H9FO2. The number of methoxy groups -OCH3 is 1. The van der Waals surface area contributed by atoms with E-state index in [1.165, 1.54) is 19.4 Å². The minimum absolute atomic E-state index is 0.348. The topological polar surface area (TPSA) is 22.4 Å². The number of halogens is 1. The van der Waals surface area contributed by atoms with Crippen molar-refractivity contribution in [2.75, 3.05) is 7.11 Å². The Kier molecular flexibility index (Phi) is 2.23. The summed E-state index contributed by atoms with van der Waals surface area (Å²) in [6.07, 6.45) is 1.51. The zero-order chi connectivity index (χ0) is 9.97. The van der Waals surface area contributed by atoms with Gasteiger partial charge in [-0.2, -0.15) is 0 Å². The standard InChI is InChI=1S/C11H9FO2/c1-13-8-4-5-9(10(12)7-8)11-3-2-6-14-11/h2-7H,1H3. The quantitative estimate of drug-likeness (QED) is 0.729. The van der Waals surface area contributed by atoms with Gasteiger partial charge in [-0.3, -0.25) is 0 Å². The van der Waals surface area contributed by atoms with Crippen molar-refractivity contribution in [1.82, 2.24) is 0 Å². The van der Waals surface area contributed by atoms with Crippen molar-refractivity contribution in [3.05, 3.63) is 42.4 Å². The van der Waals surface area contributed by atoms with E-state index in [-0.39, 0.29) is 5.82 Å². The van der Waals surface area contributed by atoms with Crippen molar-refractivity contribution >= 4 is 0 Å². The van der Waals surface area contributed by atoms with E-state index in [0.29, 0.717) is 17.1 Å². The van der Waals surface area contributed by atoms with Crippen LogP contribution in [-0.4, -0.2) is 7.11 Å². The van der Waals surface area contributed by atoms with Crippen LogP contribution in [0.2, 0.25) is 0 Å². The molecule has 2 aromatic rings. The average Bonchev–Trinajstić information content (AvgIpc) is 2.70. The molecule has 0 radical (unpaired) electrons. The third-order valence-corrected chi connectivity index (χ3v) is 1.96. The van der Waals surface area contributed by atoms with Crippen molar-refractivity contribution in [1.29, 1.82) is 0 Å². The van der Waals surface area contributed by atoms with E-state index in [4.69, 9.17) is 9.15 Å². The fourth-order valence-corrected chi connectivity index (χ4v) is 1.25. The molecule has 0 saturated carbocycles. The fourth-order valence-electron chi connectivity index (χ4n) is 1.25. The smallest absolute Gasteiger partial charge is 0.137 e. The molecule has 0 aliphatic heterocycles. The van der Waals surface area contributed by atoms with Gasteiger partial charge in [-0.25, -0.2) is 4.39 Å². The van der Waals surface area contributed by atoms with Gasteiger partial charge >= 0.3 is 0 Å². The highest BCUT2D eigenvalue weighted by atomic mass is 19.1. The summed E-state index contributed by atoms with van der Waals surface area (Å²) in [5.41, 5.74) is 0.441. The highest BCUT2D eigenvalue weighted by Crippen LogP contribution is 2.26. The monoisotopic (exact) mass is 192 g/mol. The highest BCUT2D eigenvalue weighted by molar-refractivity contribution is 5.59. The van der Waals surface area contributed by atoms with Gasteiger partial charge in [0, 0.05) is 6.07 Å². The molecule has 14 heavy (non-hydrogen) atoms. The second-order valence-corrected chi connectivity index (χ2v) is 2.82. The summed E-state index contributed by atoms with van der Waals surface area (Å²) in [6, 6.07) is 8.09. The summed E-state index contributed by atoms with van der Waals surface area (Å²) in [7, 11) is 1.50. The first kappa shape index (κ1) is 8.81. The number of rotatable bonds is 2. The molecule has 0 unspecified atom stereocenters. The Morgan fingerprint density at radius 2 is 2.14 bits per heavy atom. The number of ether oxygens (including phenoxy) is 1. The van der Waals surface area contributed by atoms with Crippen LogP contribution in [-0.2, 0) is 0 Å². The third-order valence-electron chi connectivity index (χ3n) is 1.96. The molecule has 0 aliphatic rings. The molecule has 72 valence electrons. The van der Waals surface area contributed by atoms with E-state index in [9.17, 15) is 4.39 Å². The molecule has 2 nitrogen and oxygen atoms in total. The van der Waals surface area contributed by atoms with Gasteiger partial charge in [0.15, 0.2) is 0 Å². The lowest BCUT2D eigenvalue weighted by atomic mass is 10.1. The molecule has 1 aromatic carbocycles. The van der Waals surface area contributed by atoms with Gasteiger partial charge in [-0.05, 0) is 24.3 Å². The Balaban J connectivity index is 2.46. The molecule has 0 fully saturated rings. The summed E-state index contributed by atoms with van der Waals surface area (Å²) < 4.78 is 23.5. The molecule has 1 aromatic heterocycles. The predicted molar refractivity (Wildman–Crippen MR) is 50.7 cm³/mol. The molecule has 0 aliphatic carbocycles. The first-order chi connectivity index (χ1) is 6.81. The second kappa shape index (κ2) is 3.54. The van der Waals surface area contributed by atoms with E-state index in [1.807, 2.05) is 0 Å². The van der Waals surface area contributed by atoms with Crippen molar-refractivity contribution < 1.29 is 13.5 Å². The number of hydrogen-bond acceptors (Lipinski definition) is 2. The zero-order valence-electron chi connectivity index (χ0n) is 7.66. The SMILES string of the molecule is COc1ccc(-c2ccco2)c(F)c1. The molecule has 0 saturated heterocycles. The van der Waals surface area contributed by atoms with Crippen LogP contribution in [0.1, 0.15) is 0 Å². The Morgan fingerprint density at radius 3 is 2.71 bits per heavy atom. The maximum absolute atomic E-state index is 13.5. The van der Waals surface area contributed by atoms with Crippen LogP contribution >= 0.6 is 0 Å². The Morgan fingerprint density at radius 1 is 1.29 bits per heavy atom. The van der Waals surface area contributed by atoms with Crippen LogP contribution in [0.5, 0.6) is 5.75 Å². The molecule has 2 rings (SSSR count). The van der Waals surface area contributed by atoms with Crippen LogP contribution in [0, 0.1) is 5.82 Å². The largest absolute Gasteiger partial charge is 0.497 e. The highest BCUT2D eigenvalue weighted by Gasteiger charge is 2.07. The average molecular weight is 192 g/mol. The first-order valence-corrected chi connectivity index (χ1v) is 4.18. The number of furan rings is 1. The number of hydrogen-bond donors (Lipinski definition) is 0. The first-order valence-electron chi connectivity index (χ1n) is 4.18. The molecule has 3 heteroatoms. The summed E-state index contributed by atoms with van der Waals surface area (Å²) in [6.45, 7) is 0. The molecule has 1 heterocycles. The van der Waals surface area contributed by atoms with Gasteiger partial charge in [-0.15, -0.1) is 0 Å². The third kappa shape index (κ3) is 1.48. The summed E-state index contributed by atoms with van der Waals surface area (Å²) in [5.74, 6) is 0.669. The maximum Gasteiger partial charge on any atom is 0.137 e. The normalized spacial score (nSPS) is 10.1. The molecule has 0 spiro atoms. The van der Waals surface area contributed by atoms with Gasteiger partial charge in [0.05, 0.1) is 18.9 Å². The van der Waals surface area contributed by atoms with E-state index in [1.54, 1.807) is 24.3 Å². The van der Waals surface area contributed by atoms with Gasteiger partial charge in [0.1, 0.15) is 17.3 Å². The van der Waals surface area contributed by atoms with Crippen LogP contribution in [0.3, 0.4) is 0 Å². The van der Waals surface area contributed by atoms with Gasteiger partial charge in [-0.1, -0.05) is 0 Å². The molecule has 0 amide bonds. The molecule has 0 bridgehead atoms.